The number of ether oxygens (including phenoxy) is 3. The van der Waals surface area contributed by atoms with Gasteiger partial charge in [-0.1, -0.05) is 12.1 Å². The first-order valence-electron chi connectivity index (χ1n) is 6.94. The smallest absolute Gasteiger partial charge is 0.217 e. The molecule has 110 valence electrons. The summed E-state index contributed by atoms with van der Waals surface area (Å²) in [6, 6.07) is 9.92. The fraction of sp³-hybridized carbons (Fsp3) is 0.312. The zero-order chi connectivity index (χ0) is 14.5. The number of benzene rings is 1. The maximum Gasteiger partial charge on any atom is 0.217 e. The Morgan fingerprint density at radius 2 is 2.00 bits per heavy atom. The van der Waals surface area contributed by atoms with Crippen LogP contribution in [0.5, 0.6) is 17.4 Å². The van der Waals surface area contributed by atoms with E-state index in [0.717, 1.165) is 29.2 Å². The van der Waals surface area contributed by atoms with Crippen LogP contribution in [0.15, 0.2) is 36.5 Å². The van der Waals surface area contributed by atoms with Gasteiger partial charge in [0.15, 0.2) is 11.5 Å². The molecule has 0 radical (unpaired) electrons. The standard InChI is InChI=1S/C16H18N2O3/c1-19-16-13(3-2-6-18-16)11-17-10-12-4-5-14-15(9-12)21-8-7-20-14/h2-6,9,17H,7-8,10-11H2,1H3. The highest BCUT2D eigenvalue weighted by atomic mass is 16.6. The van der Waals surface area contributed by atoms with Gasteiger partial charge in [-0.15, -0.1) is 0 Å². The van der Waals surface area contributed by atoms with Gasteiger partial charge in [0.2, 0.25) is 5.88 Å². The molecule has 0 spiro atoms. The molecular formula is C16H18N2O3. The Bertz CT molecular complexity index is 616. The summed E-state index contributed by atoms with van der Waals surface area (Å²) in [4.78, 5) is 4.18. The fourth-order valence-electron chi connectivity index (χ4n) is 2.28. The molecule has 0 atom stereocenters. The molecule has 2 heterocycles. The van der Waals surface area contributed by atoms with Crippen molar-refractivity contribution in [1.82, 2.24) is 10.3 Å². The predicted molar refractivity (Wildman–Crippen MR) is 78.8 cm³/mol. The van der Waals surface area contributed by atoms with Crippen LogP contribution in [0.1, 0.15) is 11.1 Å². The highest BCUT2D eigenvalue weighted by Gasteiger charge is 2.11. The van der Waals surface area contributed by atoms with Gasteiger partial charge >= 0.3 is 0 Å². The van der Waals surface area contributed by atoms with Crippen molar-refractivity contribution in [2.75, 3.05) is 20.3 Å². The summed E-state index contributed by atoms with van der Waals surface area (Å²) in [7, 11) is 1.63. The molecule has 1 N–H and O–H groups in total. The van der Waals surface area contributed by atoms with Gasteiger partial charge in [0.05, 0.1) is 7.11 Å². The molecule has 0 fully saturated rings. The molecule has 5 heteroatoms. The number of hydrogen-bond acceptors (Lipinski definition) is 5. The Morgan fingerprint density at radius 3 is 2.86 bits per heavy atom. The van der Waals surface area contributed by atoms with Crippen LogP contribution in [-0.4, -0.2) is 25.3 Å². The third kappa shape index (κ3) is 3.25. The van der Waals surface area contributed by atoms with Crippen LogP contribution < -0.4 is 19.5 Å². The molecule has 0 unspecified atom stereocenters. The third-order valence-corrected chi connectivity index (χ3v) is 3.29. The van der Waals surface area contributed by atoms with Crippen LogP contribution in [0.25, 0.3) is 0 Å². The quantitative estimate of drug-likeness (QED) is 0.912. The summed E-state index contributed by atoms with van der Waals surface area (Å²) in [6.07, 6.45) is 1.73. The lowest BCUT2D eigenvalue weighted by molar-refractivity contribution is 0.171. The lowest BCUT2D eigenvalue weighted by Gasteiger charge is -2.19. The summed E-state index contributed by atoms with van der Waals surface area (Å²) >= 11 is 0. The van der Waals surface area contributed by atoms with Gasteiger partial charge in [0.1, 0.15) is 13.2 Å². The summed E-state index contributed by atoms with van der Waals surface area (Å²) in [6.45, 7) is 2.67. The number of fused-ring (bicyclic) bond motifs is 1. The Balaban J connectivity index is 1.60. The SMILES string of the molecule is COc1ncccc1CNCc1ccc2c(c1)OCCO2. The van der Waals surface area contributed by atoms with Crippen molar-refractivity contribution < 1.29 is 14.2 Å². The fourth-order valence-corrected chi connectivity index (χ4v) is 2.28. The van der Waals surface area contributed by atoms with Crippen molar-refractivity contribution in [3.63, 3.8) is 0 Å². The minimum Gasteiger partial charge on any atom is -0.486 e. The summed E-state index contributed by atoms with van der Waals surface area (Å²) in [5, 5.41) is 3.38. The molecule has 0 amide bonds. The maximum absolute atomic E-state index is 5.58. The van der Waals surface area contributed by atoms with E-state index in [9.17, 15) is 0 Å². The van der Waals surface area contributed by atoms with Crippen LogP contribution in [0, 0.1) is 0 Å². The van der Waals surface area contributed by atoms with E-state index >= 15 is 0 Å². The number of methoxy groups -OCH3 is 1. The van der Waals surface area contributed by atoms with Crippen molar-refractivity contribution in [2.24, 2.45) is 0 Å². The van der Waals surface area contributed by atoms with E-state index in [2.05, 4.69) is 10.3 Å². The van der Waals surface area contributed by atoms with E-state index < -0.39 is 0 Å². The molecule has 3 rings (SSSR count). The van der Waals surface area contributed by atoms with Crippen molar-refractivity contribution in [2.45, 2.75) is 13.1 Å². The number of nitrogens with one attached hydrogen (secondary N) is 1. The van der Waals surface area contributed by atoms with Gasteiger partial charge in [-0.2, -0.15) is 0 Å². The topological polar surface area (TPSA) is 52.6 Å². The second-order valence-electron chi connectivity index (χ2n) is 4.75. The van der Waals surface area contributed by atoms with E-state index in [4.69, 9.17) is 14.2 Å². The van der Waals surface area contributed by atoms with Gasteiger partial charge in [0, 0.05) is 24.8 Å². The molecule has 2 aromatic rings. The first-order chi connectivity index (χ1) is 10.4. The molecule has 1 aromatic heterocycles. The first-order valence-corrected chi connectivity index (χ1v) is 6.94. The van der Waals surface area contributed by atoms with E-state index in [1.54, 1.807) is 13.3 Å². The molecule has 1 aliphatic heterocycles. The number of aromatic nitrogens is 1. The second kappa shape index (κ2) is 6.45. The average molecular weight is 286 g/mol. The monoisotopic (exact) mass is 286 g/mol. The Kier molecular flexibility index (Phi) is 4.21. The molecule has 1 aromatic carbocycles. The number of hydrogen-bond donors (Lipinski definition) is 1. The summed E-state index contributed by atoms with van der Waals surface area (Å²) in [5.41, 5.74) is 2.19. The Morgan fingerprint density at radius 1 is 1.14 bits per heavy atom. The molecule has 0 saturated heterocycles. The van der Waals surface area contributed by atoms with E-state index in [0.29, 0.717) is 25.6 Å². The minimum absolute atomic E-state index is 0.608. The van der Waals surface area contributed by atoms with Crippen LogP contribution in [-0.2, 0) is 13.1 Å². The minimum atomic E-state index is 0.608. The van der Waals surface area contributed by atoms with Crippen LogP contribution in [0.4, 0.5) is 0 Å². The molecule has 21 heavy (non-hydrogen) atoms. The van der Waals surface area contributed by atoms with Crippen molar-refractivity contribution >= 4 is 0 Å². The highest BCUT2D eigenvalue weighted by molar-refractivity contribution is 5.43. The molecule has 0 saturated carbocycles. The van der Waals surface area contributed by atoms with Gasteiger partial charge in [-0.25, -0.2) is 4.98 Å². The number of rotatable bonds is 5. The molecular weight excluding hydrogens is 268 g/mol. The average Bonchev–Trinajstić information content (AvgIpc) is 2.55. The summed E-state index contributed by atoms with van der Waals surface area (Å²) in [5.74, 6) is 2.30. The predicted octanol–water partition coefficient (Wildman–Crippen LogP) is 2.15. The lowest BCUT2D eigenvalue weighted by atomic mass is 10.2. The molecule has 0 bridgehead atoms. The lowest BCUT2D eigenvalue weighted by Crippen LogP contribution is -2.17. The van der Waals surface area contributed by atoms with Gasteiger partial charge < -0.3 is 19.5 Å². The number of nitrogens with zero attached hydrogens (tertiary/aromatic N) is 1. The normalized spacial score (nSPS) is 13.0. The zero-order valence-corrected chi connectivity index (χ0v) is 12.0. The van der Waals surface area contributed by atoms with Crippen molar-refractivity contribution in [3.8, 4) is 17.4 Å². The van der Waals surface area contributed by atoms with Crippen LogP contribution in [0.2, 0.25) is 0 Å². The van der Waals surface area contributed by atoms with E-state index in [-0.39, 0.29) is 0 Å². The van der Waals surface area contributed by atoms with Crippen LogP contribution in [0.3, 0.4) is 0 Å². The highest BCUT2D eigenvalue weighted by Crippen LogP contribution is 2.30. The van der Waals surface area contributed by atoms with E-state index in [1.165, 1.54) is 0 Å². The van der Waals surface area contributed by atoms with E-state index in [1.807, 2.05) is 30.3 Å². The summed E-state index contributed by atoms with van der Waals surface area (Å²) < 4.78 is 16.3. The molecule has 0 aliphatic carbocycles. The largest absolute Gasteiger partial charge is 0.486 e. The molecule has 5 nitrogen and oxygen atoms in total. The maximum atomic E-state index is 5.58. The third-order valence-electron chi connectivity index (χ3n) is 3.29. The zero-order valence-electron chi connectivity index (χ0n) is 12.0. The van der Waals surface area contributed by atoms with Gasteiger partial charge in [0.25, 0.3) is 0 Å². The molecule has 1 aliphatic rings. The Hall–Kier alpha value is -2.27. The Labute approximate surface area is 123 Å². The van der Waals surface area contributed by atoms with Gasteiger partial charge in [-0.3, -0.25) is 0 Å². The first kappa shape index (κ1) is 13.7. The van der Waals surface area contributed by atoms with Crippen LogP contribution >= 0.6 is 0 Å². The van der Waals surface area contributed by atoms with Crippen molar-refractivity contribution in [3.05, 3.63) is 47.7 Å². The van der Waals surface area contributed by atoms with Gasteiger partial charge in [-0.05, 0) is 23.8 Å². The van der Waals surface area contributed by atoms with Crippen molar-refractivity contribution in [1.29, 1.82) is 0 Å². The second-order valence-corrected chi connectivity index (χ2v) is 4.75. The number of pyridine rings is 1.